The zero-order valence-corrected chi connectivity index (χ0v) is 22.3. The van der Waals surface area contributed by atoms with Crippen molar-refractivity contribution >= 4 is 46.6 Å². The van der Waals surface area contributed by atoms with Crippen LogP contribution in [0.15, 0.2) is 97.3 Å². The Kier molecular flexibility index (Phi) is 8.04. The number of rotatable bonds is 9. The quantitative estimate of drug-likeness (QED) is 0.204. The van der Waals surface area contributed by atoms with E-state index < -0.39 is 17.9 Å². The van der Waals surface area contributed by atoms with Gasteiger partial charge in [0.05, 0.1) is 27.5 Å². The molecule has 0 saturated heterocycles. The van der Waals surface area contributed by atoms with Crippen LogP contribution in [0.5, 0.6) is 0 Å². The van der Waals surface area contributed by atoms with E-state index in [1.165, 1.54) is 12.1 Å². The summed E-state index contributed by atoms with van der Waals surface area (Å²) in [5.74, 6) is -1.10. The zero-order valence-electron chi connectivity index (χ0n) is 20.8. The number of aliphatic carboxylic acids is 1. The number of hydrogen-bond acceptors (Lipinski definition) is 6. The molecule has 5 rings (SSSR count). The van der Waals surface area contributed by atoms with Crippen molar-refractivity contribution in [3.05, 3.63) is 118 Å². The number of anilines is 2. The number of carbonyl (C=O) groups excluding carboxylic acids is 1. The number of hydrogen-bond donors (Lipinski definition) is 3. The number of benzene rings is 3. The molecule has 9 nitrogen and oxygen atoms in total. The van der Waals surface area contributed by atoms with Crippen molar-refractivity contribution in [1.82, 2.24) is 25.3 Å². The fourth-order valence-electron chi connectivity index (χ4n) is 4.03. The first-order valence-corrected chi connectivity index (χ1v) is 12.9. The molecule has 2 heterocycles. The Morgan fingerprint density at radius 3 is 2.38 bits per heavy atom. The van der Waals surface area contributed by atoms with Crippen LogP contribution in [-0.4, -0.2) is 43.0 Å². The van der Waals surface area contributed by atoms with Gasteiger partial charge in [-0.25, -0.2) is 14.5 Å². The Bertz CT molecular complexity index is 1640. The molecule has 1 amide bonds. The third-order valence-corrected chi connectivity index (χ3v) is 6.65. The maximum atomic E-state index is 12.7. The molecule has 1 atom stereocenters. The lowest BCUT2D eigenvalue weighted by Gasteiger charge is -2.16. The summed E-state index contributed by atoms with van der Waals surface area (Å²) in [5.41, 5.74) is 3.90. The lowest BCUT2D eigenvalue weighted by Crippen LogP contribution is -2.42. The summed E-state index contributed by atoms with van der Waals surface area (Å²) in [5, 5.41) is 24.3. The molecular weight excluding hydrogens is 551 g/mol. The first kappa shape index (κ1) is 26.9. The van der Waals surface area contributed by atoms with Crippen molar-refractivity contribution in [2.45, 2.75) is 12.5 Å². The van der Waals surface area contributed by atoms with Crippen molar-refractivity contribution in [3.63, 3.8) is 0 Å². The highest BCUT2D eigenvalue weighted by Crippen LogP contribution is 2.25. The van der Waals surface area contributed by atoms with Gasteiger partial charge in [0.15, 0.2) is 0 Å². The molecule has 0 aliphatic rings. The van der Waals surface area contributed by atoms with Crippen LogP contribution in [0.3, 0.4) is 0 Å². The highest BCUT2D eigenvalue weighted by atomic mass is 35.5. The Hall–Kier alpha value is -4.73. The molecule has 0 unspecified atom stereocenters. The lowest BCUT2D eigenvalue weighted by atomic mass is 10.0. The number of aromatic nitrogens is 4. The van der Waals surface area contributed by atoms with E-state index in [1.54, 1.807) is 41.2 Å². The molecular formula is C29H22Cl2N6O3. The van der Waals surface area contributed by atoms with Crippen LogP contribution in [0.4, 0.5) is 11.5 Å². The maximum Gasteiger partial charge on any atom is 0.326 e. The van der Waals surface area contributed by atoms with Crippen LogP contribution in [-0.2, 0) is 11.2 Å². The third kappa shape index (κ3) is 6.28. The summed E-state index contributed by atoms with van der Waals surface area (Å²) in [7, 11) is 0. The predicted octanol–water partition coefficient (Wildman–Crippen LogP) is 5.81. The summed E-state index contributed by atoms with van der Waals surface area (Å²) in [6.07, 6.45) is 3.59. The third-order valence-electron chi connectivity index (χ3n) is 6.02. The van der Waals surface area contributed by atoms with Gasteiger partial charge < -0.3 is 15.7 Å². The summed E-state index contributed by atoms with van der Waals surface area (Å²) < 4.78 is 1.63. The molecule has 0 aliphatic carbocycles. The van der Waals surface area contributed by atoms with Gasteiger partial charge in [-0.3, -0.25) is 4.79 Å². The molecule has 11 heteroatoms. The second kappa shape index (κ2) is 12.0. The molecule has 0 fully saturated rings. The lowest BCUT2D eigenvalue weighted by molar-refractivity contribution is -0.139. The normalized spacial score (nSPS) is 11.6. The molecule has 0 aliphatic heterocycles. The van der Waals surface area contributed by atoms with Gasteiger partial charge in [-0.05, 0) is 54.1 Å². The number of carboxylic acids is 1. The van der Waals surface area contributed by atoms with E-state index in [-0.39, 0.29) is 22.0 Å². The second-order valence-electron chi connectivity index (χ2n) is 8.80. The van der Waals surface area contributed by atoms with Crippen LogP contribution in [0.1, 0.15) is 15.9 Å². The summed E-state index contributed by atoms with van der Waals surface area (Å²) in [6.45, 7) is 0. The molecule has 5 aromatic rings. The maximum absolute atomic E-state index is 12.7. The van der Waals surface area contributed by atoms with Crippen molar-refractivity contribution in [2.75, 3.05) is 5.32 Å². The fourth-order valence-corrected chi connectivity index (χ4v) is 4.60. The number of nitrogens with one attached hydrogen (secondary N) is 2. The molecule has 3 N–H and O–H groups in total. The van der Waals surface area contributed by atoms with Gasteiger partial charge in [-0.15, -0.1) is 5.10 Å². The number of halogens is 2. The van der Waals surface area contributed by atoms with Crippen molar-refractivity contribution in [3.8, 4) is 16.9 Å². The Morgan fingerprint density at radius 1 is 0.925 bits per heavy atom. The van der Waals surface area contributed by atoms with E-state index in [9.17, 15) is 14.7 Å². The van der Waals surface area contributed by atoms with Gasteiger partial charge in [0, 0.05) is 23.9 Å². The van der Waals surface area contributed by atoms with Crippen LogP contribution in [0, 0.1) is 0 Å². The van der Waals surface area contributed by atoms with Crippen LogP contribution in [0.2, 0.25) is 10.0 Å². The average molecular weight is 573 g/mol. The van der Waals surface area contributed by atoms with Gasteiger partial charge in [0.25, 0.3) is 5.91 Å². The standard InChI is InChI=1S/C29H22Cl2N6O3/c30-22-7-4-8-23(31)27(22)28(38)34-24(29(39)40)15-18-10-12-21(13-11-18)37-17-25(35-36-37)19-5-3-6-20(16-19)33-26-9-1-2-14-32-26/h1-14,16-17,24H,15H2,(H,32,33)(H,34,38)(H,39,40)/t24-/m0/s1. The van der Waals surface area contributed by atoms with Crippen molar-refractivity contribution < 1.29 is 14.7 Å². The number of amides is 1. The smallest absolute Gasteiger partial charge is 0.326 e. The van der Waals surface area contributed by atoms with Crippen molar-refractivity contribution in [2.24, 2.45) is 0 Å². The fraction of sp³-hybridized carbons (Fsp3) is 0.0690. The van der Waals surface area contributed by atoms with Gasteiger partial charge in [0.1, 0.15) is 17.6 Å². The van der Waals surface area contributed by atoms with E-state index in [0.29, 0.717) is 11.3 Å². The van der Waals surface area contributed by atoms with E-state index in [0.717, 1.165) is 22.8 Å². The van der Waals surface area contributed by atoms with Gasteiger partial charge >= 0.3 is 5.97 Å². The minimum absolute atomic E-state index is 0.0347. The van der Waals surface area contributed by atoms with Gasteiger partial charge in [-0.1, -0.05) is 64.8 Å². The Morgan fingerprint density at radius 2 is 1.68 bits per heavy atom. The minimum Gasteiger partial charge on any atom is -0.480 e. The second-order valence-corrected chi connectivity index (χ2v) is 9.62. The number of carbonyl (C=O) groups is 2. The summed E-state index contributed by atoms with van der Waals surface area (Å²) >= 11 is 12.2. The largest absolute Gasteiger partial charge is 0.480 e. The molecule has 0 spiro atoms. The predicted molar refractivity (Wildman–Crippen MR) is 153 cm³/mol. The molecule has 0 radical (unpaired) electrons. The number of pyridine rings is 1. The first-order chi connectivity index (χ1) is 19.4. The average Bonchev–Trinajstić information content (AvgIpc) is 3.44. The van der Waals surface area contributed by atoms with E-state index in [1.807, 2.05) is 48.7 Å². The highest BCUT2D eigenvalue weighted by molar-refractivity contribution is 6.39. The molecule has 0 saturated carbocycles. The van der Waals surface area contributed by atoms with E-state index >= 15 is 0 Å². The topological polar surface area (TPSA) is 122 Å². The Balaban J connectivity index is 1.27. The highest BCUT2D eigenvalue weighted by Gasteiger charge is 2.24. The molecule has 3 aromatic carbocycles. The van der Waals surface area contributed by atoms with E-state index in [4.69, 9.17) is 23.2 Å². The first-order valence-electron chi connectivity index (χ1n) is 12.2. The summed E-state index contributed by atoms with van der Waals surface area (Å²) in [4.78, 5) is 28.9. The minimum atomic E-state index is -1.18. The van der Waals surface area contributed by atoms with Crippen LogP contribution < -0.4 is 10.6 Å². The van der Waals surface area contributed by atoms with Crippen LogP contribution in [0.25, 0.3) is 16.9 Å². The monoisotopic (exact) mass is 572 g/mol. The van der Waals surface area contributed by atoms with Crippen molar-refractivity contribution in [1.29, 1.82) is 0 Å². The SMILES string of the molecule is O=C(N[C@@H](Cc1ccc(-n2cc(-c3cccc(Nc4ccccn4)c3)nn2)cc1)C(=O)O)c1c(Cl)cccc1Cl. The Labute approximate surface area is 239 Å². The molecule has 0 bridgehead atoms. The van der Waals surface area contributed by atoms with Crippen LogP contribution >= 0.6 is 23.2 Å². The zero-order chi connectivity index (χ0) is 28.1. The molecule has 200 valence electrons. The summed E-state index contributed by atoms with van der Waals surface area (Å²) in [6, 6.07) is 24.0. The molecule has 2 aromatic heterocycles. The molecule has 40 heavy (non-hydrogen) atoms. The number of carboxylic acid groups (broad SMARTS) is 1. The van der Waals surface area contributed by atoms with Gasteiger partial charge in [0.2, 0.25) is 0 Å². The van der Waals surface area contributed by atoms with E-state index in [2.05, 4.69) is 25.9 Å². The van der Waals surface area contributed by atoms with Gasteiger partial charge in [-0.2, -0.15) is 0 Å². The number of nitrogens with zero attached hydrogens (tertiary/aromatic N) is 4.